The number of hydrogen-bond acceptors (Lipinski definition) is 9. The number of anilines is 2. The lowest BCUT2D eigenvalue weighted by Gasteiger charge is -2.17. The van der Waals surface area contributed by atoms with Crippen molar-refractivity contribution in [3.8, 4) is 22.6 Å². The molecule has 0 aliphatic rings. The smallest absolute Gasteiger partial charge is 0.343 e. The summed E-state index contributed by atoms with van der Waals surface area (Å²) in [5.74, 6) is 0.861. The highest BCUT2D eigenvalue weighted by atomic mass is 16.5. The first-order chi connectivity index (χ1) is 17.8. The maximum atomic E-state index is 13.1. The van der Waals surface area contributed by atoms with Crippen molar-refractivity contribution < 1.29 is 19.0 Å². The Morgan fingerprint density at radius 3 is 2.51 bits per heavy atom. The third-order valence-corrected chi connectivity index (χ3v) is 6.08. The number of fused-ring (bicyclic) bond motifs is 1. The second kappa shape index (κ2) is 10.6. The van der Waals surface area contributed by atoms with Gasteiger partial charge in [-0.3, -0.25) is 4.79 Å². The van der Waals surface area contributed by atoms with Crippen molar-refractivity contribution in [1.29, 1.82) is 0 Å². The molecule has 0 spiro atoms. The molecule has 0 unspecified atom stereocenters. The Kier molecular flexibility index (Phi) is 7.28. The number of benzene rings is 2. The number of rotatable bonds is 8. The number of pyridine rings is 1. The summed E-state index contributed by atoms with van der Waals surface area (Å²) < 4.78 is 18.3. The molecule has 0 saturated heterocycles. The Morgan fingerprint density at radius 2 is 1.86 bits per heavy atom. The number of nitrogen functional groups attached to an aromatic ring is 2. The molecule has 4 rings (SSSR count). The van der Waals surface area contributed by atoms with E-state index in [9.17, 15) is 9.59 Å². The average Bonchev–Trinajstić information content (AvgIpc) is 2.89. The predicted molar refractivity (Wildman–Crippen MR) is 142 cm³/mol. The largest absolute Gasteiger partial charge is 0.493 e. The molecule has 2 heterocycles. The molecule has 0 amide bonds. The van der Waals surface area contributed by atoms with E-state index in [0.717, 1.165) is 22.3 Å². The van der Waals surface area contributed by atoms with Crippen molar-refractivity contribution in [3.63, 3.8) is 0 Å². The quantitative estimate of drug-likeness (QED) is 0.345. The summed E-state index contributed by atoms with van der Waals surface area (Å²) in [5, 5.41) is 0.421. The summed E-state index contributed by atoms with van der Waals surface area (Å²) in [4.78, 5) is 33.6. The normalized spacial score (nSPS) is 10.9. The number of aromatic nitrogens is 3. The van der Waals surface area contributed by atoms with Crippen molar-refractivity contribution in [1.82, 2.24) is 14.5 Å². The second-order valence-corrected chi connectivity index (χ2v) is 8.30. The van der Waals surface area contributed by atoms with Gasteiger partial charge in [0, 0.05) is 41.9 Å². The zero-order valence-electron chi connectivity index (χ0n) is 21.2. The highest BCUT2D eigenvalue weighted by Crippen LogP contribution is 2.40. The van der Waals surface area contributed by atoms with Crippen LogP contribution in [-0.4, -0.2) is 41.3 Å². The van der Waals surface area contributed by atoms with Crippen LogP contribution < -0.4 is 26.4 Å². The number of hydrogen-bond donors (Lipinski definition) is 2. The topological polar surface area (TPSA) is 145 Å². The molecule has 0 radical (unpaired) electrons. The summed E-state index contributed by atoms with van der Waals surface area (Å²) in [6.07, 6.45) is 3.59. The molecule has 10 nitrogen and oxygen atoms in total. The van der Waals surface area contributed by atoms with Gasteiger partial charge >= 0.3 is 5.97 Å². The molecule has 37 heavy (non-hydrogen) atoms. The number of carbonyl (C=O) groups excluding carboxylic acids is 1. The van der Waals surface area contributed by atoms with Crippen molar-refractivity contribution in [2.24, 2.45) is 0 Å². The van der Waals surface area contributed by atoms with Crippen LogP contribution in [0.25, 0.3) is 22.0 Å². The Bertz CT molecular complexity index is 1550. The van der Waals surface area contributed by atoms with Gasteiger partial charge in [0.2, 0.25) is 11.4 Å². The van der Waals surface area contributed by atoms with E-state index in [1.165, 1.54) is 0 Å². The SMILES string of the molecule is CCOC(=O)c1cn(CC)c2cc(-c3cc(Cc4cnc(N)nc4N)cc(OC)c3OC)ccc2c1=O. The summed E-state index contributed by atoms with van der Waals surface area (Å²) >= 11 is 0. The van der Waals surface area contributed by atoms with Crippen molar-refractivity contribution in [2.75, 3.05) is 32.3 Å². The predicted octanol–water partition coefficient (Wildman–Crippen LogP) is 3.43. The van der Waals surface area contributed by atoms with E-state index in [2.05, 4.69) is 9.97 Å². The number of esters is 1. The van der Waals surface area contributed by atoms with Gasteiger partial charge in [-0.2, -0.15) is 4.98 Å². The Morgan fingerprint density at radius 1 is 1.08 bits per heavy atom. The molecule has 0 aliphatic carbocycles. The Labute approximate surface area is 213 Å². The van der Waals surface area contributed by atoms with E-state index in [0.29, 0.717) is 41.2 Å². The molecule has 0 saturated carbocycles. The zero-order chi connectivity index (χ0) is 26.7. The highest BCUT2D eigenvalue weighted by molar-refractivity contribution is 5.95. The molecule has 10 heteroatoms. The molecular weight excluding hydrogens is 474 g/mol. The van der Waals surface area contributed by atoms with E-state index in [4.69, 9.17) is 25.7 Å². The molecule has 0 bridgehead atoms. The molecule has 2 aromatic heterocycles. The number of nitrogens with zero attached hydrogens (tertiary/aromatic N) is 3. The van der Waals surface area contributed by atoms with Gasteiger partial charge in [0.15, 0.2) is 11.5 Å². The standard InChI is InChI=1S/C27H29N5O5/c1-5-32-14-20(26(34)37-6-2)23(33)18-8-7-16(12-21(18)32)19-10-15(11-22(35-3)24(19)36-4)9-17-13-30-27(29)31-25(17)28/h7-8,10-14H,5-6,9H2,1-4H3,(H4,28,29,30,31). The zero-order valence-corrected chi connectivity index (χ0v) is 21.2. The summed E-state index contributed by atoms with van der Waals surface area (Å²) in [5.41, 5.74) is 15.2. The van der Waals surface area contributed by atoms with Crippen LogP contribution in [0.2, 0.25) is 0 Å². The maximum Gasteiger partial charge on any atom is 0.343 e. The molecule has 4 aromatic rings. The number of aryl methyl sites for hydroxylation is 1. The average molecular weight is 504 g/mol. The molecule has 192 valence electrons. The summed E-state index contributed by atoms with van der Waals surface area (Å²) in [7, 11) is 3.14. The van der Waals surface area contributed by atoms with Gasteiger partial charge in [0.1, 0.15) is 11.4 Å². The van der Waals surface area contributed by atoms with Crippen molar-refractivity contribution in [3.05, 3.63) is 69.6 Å². The van der Waals surface area contributed by atoms with E-state index in [1.807, 2.05) is 35.8 Å². The fourth-order valence-electron chi connectivity index (χ4n) is 4.30. The van der Waals surface area contributed by atoms with E-state index in [1.54, 1.807) is 39.6 Å². The van der Waals surface area contributed by atoms with Crippen LogP contribution in [-0.2, 0) is 17.7 Å². The van der Waals surface area contributed by atoms with Crippen LogP contribution in [0.4, 0.5) is 11.8 Å². The molecule has 4 N–H and O–H groups in total. The maximum absolute atomic E-state index is 13.1. The monoisotopic (exact) mass is 503 g/mol. The number of nitrogens with two attached hydrogens (primary N) is 2. The van der Waals surface area contributed by atoms with Gasteiger partial charge in [-0.15, -0.1) is 0 Å². The highest BCUT2D eigenvalue weighted by Gasteiger charge is 2.19. The first-order valence-corrected chi connectivity index (χ1v) is 11.8. The molecule has 0 atom stereocenters. The lowest BCUT2D eigenvalue weighted by Crippen LogP contribution is -2.20. The van der Waals surface area contributed by atoms with Crippen LogP contribution in [0.3, 0.4) is 0 Å². The first kappa shape index (κ1) is 25.5. The molecule has 2 aromatic carbocycles. The van der Waals surface area contributed by atoms with Gasteiger partial charge in [-0.25, -0.2) is 9.78 Å². The summed E-state index contributed by atoms with van der Waals surface area (Å²) in [6.45, 7) is 4.37. The van der Waals surface area contributed by atoms with Crippen LogP contribution in [0.15, 0.2) is 47.5 Å². The van der Waals surface area contributed by atoms with Crippen LogP contribution in [0, 0.1) is 0 Å². The Balaban J connectivity index is 1.89. The van der Waals surface area contributed by atoms with Gasteiger partial charge in [0.05, 0.1) is 26.3 Å². The molecular formula is C27H29N5O5. The first-order valence-electron chi connectivity index (χ1n) is 11.8. The number of ether oxygens (including phenoxy) is 3. The third-order valence-electron chi connectivity index (χ3n) is 6.08. The van der Waals surface area contributed by atoms with Crippen molar-refractivity contribution in [2.45, 2.75) is 26.8 Å². The van der Waals surface area contributed by atoms with E-state index < -0.39 is 5.97 Å². The van der Waals surface area contributed by atoms with Gasteiger partial charge in [-0.1, -0.05) is 6.07 Å². The minimum absolute atomic E-state index is 0.00787. The fraction of sp³-hybridized carbons (Fsp3) is 0.259. The lowest BCUT2D eigenvalue weighted by atomic mass is 9.96. The van der Waals surface area contributed by atoms with Crippen LogP contribution >= 0.6 is 0 Å². The fourth-order valence-corrected chi connectivity index (χ4v) is 4.30. The van der Waals surface area contributed by atoms with Gasteiger partial charge in [-0.05, 0) is 49.2 Å². The third kappa shape index (κ3) is 4.90. The molecule has 0 fully saturated rings. The van der Waals surface area contributed by atoms with Crippen LogP contribution in [0.1, 0.15) is 35.3 Å². The minimum atomic E-state index is -0.634. The van der Waals surface area contributed by atoms with E-state index in [-0.39, 0.29) is 23.5 Å². The Hall–Kier alpha value is -4.60. The van der Waals surface area contributed by atoms with Gasteiger partial charge < -0.3 is 30.2 Å². The second-order valence-electron chi connectivity index (χ2n) is 8.30. The van der Waals surface area contributed by atoms with E-state index >= 15 is 0 Å². The van der Waals surface area contributed by atoms with Crippen molar-refractivity contribution >= 4 is 28.6 Å². The summed E-state index contributed by atoms with van der Waals surface area (Å²) in [6, 6.07) is 9.27. The molecule has 0 aliphatic heterocycles. The van der Waals surface area contributed by atoms with Gasteiger partial charge in [0.25, 0.3) is 0 Å². The minimum Gasteiger partial charge on any atom is -0.493 e. The van der Waals surface area contributed by atoms with Crippen LogP contribution in [0.5, 0.6) is 11.5 Å². The lowest BCUT2D eigenvalue weighted by molar-refractivity contribution is 0.0524. The number of methoxy groups -OCH3 is 2. The number of carbonyl (C=O) groups is 1.